The molecule has 8 nitrogen and oxygen atoms in total. The molecule has 1 aliphatic rings. The van der Waals surface area contributed by atoms with Crippen LogP contribution < -0.4 is 0 Å². The van der Waals surface area contributed by atoms with Gasteiger partial charge in [0.2, 0.25) is 16.4 Å². The summed E-state index contributed by atoms with van der Waals surface area (Å²) in [6.07, 6.45) is 4.38. The number of sulfonamides is 1. The minimum Gasteiger partial charge on any atom is -0.373 e. The second-order valence-electron chi connectivity index (χ2n) is 8.37. The van der Waals surface area contributed by atoms with E-state index in [1.807, 2.05) is 0 Å². The number of carbonyl (C=O) groups excluding carboxylic acids is 1. The molecule has 1 saturated heterocycles. The summed E-state index contributed by atoms with van der Waals surface area (Å²) in [5, 5.41) is 10.3. The van der Waals surface area contributed by atoms with Crippen molar-refractivity contribution >= 4 is 16.4 Å². The van der Waals surface area contributed by atoms with E-state index in [0.717, 1.165) is 5.56 Å². The van der Waals surface area contributed by atoms with Gasteiger partial charge >= 0.3 is 0 Å². The summed E-state index contributed by atoms with van der Waals surface area (Å²) in [5.74, 6) is 0.0696. The molecule has 1 fully saturated rings. The molecule has 1 aromatic heterocycles. The number of benzene rings is 1. The molecule has 1 aromatic carbocycles. The lowest BCUT2D eigenvalue weighted by Gasteiger charge is -2.33. The molecule has 1 unspecified atom stereocenters. The van der Waals surface area contributed by atoms with Crippen LogP contribution in [0.1, 0.15) is 55.3 Å². The van der Waals surface area contributed by atoms with Crippen LogP contribution >= 0.6 is 0 Å². The molecule has 0 aliphatic carbocycles. The zero-order chi connectivity index (χ0) is 23.1. The van der Waals surface area contributed by atoms with E-state index < -0.39 is 21.8 Å². The van der Waals surface area contributed by atoms with E-state index in [9.17, 15) is 18.4 Å². The Morgan fingerprint density at radius 2 is 1.88 bits per heavy atom. The number of hydroxylamine groups is 2. The van der Waals surface area contributed by atoms with Crippen LogP contribution in [0.5, 0.6) is 0 Å². The van der Waals surface area contributed by atoms with Crippen molar-refractivity contribution in [2.75, 3.05) is 18.8 Å². The van der Waals surface area contributed by atoms with Crippen molar-refractivity contribution in [2.24, 2.45) is 0 Å². The van der Waals surface area contributed by atoms with E-state index in [-0.39, 0.29) is 12.5 Å². The number of carbonyl (C=O) groups is 1. The summed E-state index contributed by atoms with van der Waals surface area (Å²) in [5.41, 5.74) is 2.83. The van der Waals surface area contributed by atoms with Gasteiger partial charge in [0.15, 0.2) is 0 Å². The maximum Gasteiger partial charge on any atom is 0.233 e. The number of amides is 1. The molecule has 0 saturated carbocycles. The van der Waals surface area contributed by atoms with Gasteiger partial charge in [-0.1, -0.05) is 44.2 Å². The van der Waals surface area contributed by atoms with Gasteiger partial charge in [-0.2, -0.15) is 0 Å². The number of nitrogens with zero attached hydrogens (tertiary/aromatic N) is 3. The van der Waals surface area contributed by atoms with Gasteiger partial charge in [0, 0.05) is 25.5 Å². The number of ether oxygens (including phenoxy) is 1. The fourth-order valence-electron chi connectivity index (χ4n) is 3.77. The van der Waals surface area contributed by atoms with Crippen molar-refractivity contribution in [1.82, 2.24) is 14.4 Å². The van der Waals surface area contributed by atoms with E-state index in [4.69, 9.17) is 4.74 Å². The molecule has 1 N–H and O–H groups in total. The van der Waals surface area contributed by atoms with Crippen LogP contribution in [0.3, 0.4) is 0 Å². The van der Waals surface area contributed by atoms with Gasteiger partial charge in [-0.15, -0.1) is 0 Å². The van der Waals surface area contributed by atoms with E-state index in [1.54, 1.807) is 18.3 Å². The third kappa shape index (κ3) is 6.35. The topological polar surface area (TPSA) is 100 Å². The smallest absolute Gasteiger partial charge is 0.233 e. The van der Waals surface area contributed by atoms with Crippen LogP contribution in [0.15, 0.2) is 48.8 Å². The van der Waals surface area contributed by atoms with Gasteiger partial charge in [0.25, 0.3) is 0 Å². The van der Waals surface area contributed by atoms with Crippen molar-refractivity contribution in [3.05, 3.63) is 65.5 Å². The molecule has 3 rings (SSSR count). The molecule has 32 heavy (non-hydrogen) atoms. The van der Waals surface area contributed by atoms with Crippen molar-refractivity contribution < 1.29 is 23.2 Å². The van der Waals surface area contributed by atoms with Gasteiger partial charge in [-0.3, -0.25) is 15.0 Å². The second kappa shape index (κ2) is 11.0. The molecule has 1 amide bonds. The quantitative estimate of drug-likeness (QED) is 0.332. The van der Waals surface area contributed by atoms with Crippen LogP contribution in [0.4, 0.5) is 0 Å². The summed E-state index contributed by atoms with van der Waals surface area (Å²) in [4.78, 5) is 15.1. The monoisotopic (exact) mass is 461 g/mol. The number of piperidine rings is 1. The fraction of sp³-hybridized carbons (Fsp3) is 0.478. The van der Waals surface area contributed by atoms with Gasteiger partial charge < -0.3 is 4.74 Å². The summed E-state index contributed by atoms with van der Waals surface area (Å²) < 4.78 is 33.4. The zero-order valence-corrected chi connectivity index (χ0v) is 19.3. The Balaban J connectivity index is 1.54. The average molecular weight is 462 g/mol. The number of pyridine rings is 1. The SMILES string of the molecule is CC(C)c1ccc(COC2CCN(S(=O)(=O)CC(c3cccnc3)N(O)C=O)CC2)cc1. The van der Waals surface area contributed by atoms with Gasteiger partial charge in [0.1, 0.15) is 6.04 Å². The minimum atomic E-state index is -3.70. The minimum absolute atomic E-state index is 0.00957. The maximum absolute atomic E-state index is 13.0. The van der Waals surface area contributed by atoms with E-state index in [2.05, 4.69) is 43.1 Å². The Labute approximate surface area is 189 Å². The maximum atomic E-state index is 13.0. The summed E-state index contributed by atoms with van der Waals surface area (Å²) in [6, 6.07) is 10.6. The van der Waals surface area contributed by atoms with Crippen molar-refractivity contribution in [3.8, 4) is 0 Å². The third-order valence-electron chi connectivity index (χ3n) is 5.79. The lowest BCUT2D eigenvalue weighted by atomic mass is 10.0. The second-order valence-corrected chi connectivity index (χ2v) is 10.4. The van der Waals surface area contributed by atoms with Gasteiger partial charge in [-0.05, 0) is 41.5 Å². The van der Waals surface area contributed by atoms with Crippen LogP contribution in [-0.2, 0) is 26.2 Å². The molecule has 0 radical (unpaired) electrons. The number of hydrogen-bond donors (Lipinski definition) is 1. The number of aromatic nitrogens is 1. The highest BCUT2D eigenvalue weighted by Crippen LogP contribution is 2.24. The Bertz CT molecular complexity index is 959. The molecular formula is C23H31N3O5S. The summed E-state index contributed by atoms with van der Waals surface area (Å²) in [7, 11) is -3.70. The molecule has 1 atom stereocenters. The predicted molar refractivity (Wildman–Crippen MR) is 120 cm³/mol. The van der Waals surface area contributed by atoms with Crippen molar-refractivity contribution in [3.63, 3.8) is 0 Å². The standard InChI is InChI=1S/C23H31N3O5S/c1-18(2)20-7-5-19(6-8-20)15-31-22-9-12-25(13-10-22)32(29,30)16-23(26(28)17-27)21-4-3-11-24-14-21/h3-8,11,14,17-18,22-23,28H,9-10,12-13,15-16H2,1-2H3. The molecule has 174 valence electrons. The zero-order valence-electron chi connectivity index (χ0n) is 18.5. The number of hydrogen-bond acceptors (Lipinski definition) is 6. The van der Waals surface area contributed by atoms with Crippen LogP contribution in [0, 0.1) is 0 Å². The van der Waals surface area contributed by atoms with Crippen molar-refractivity contribution in [1.29, 1.82) is 0 Å². The first-order valence-corrected chi connectivity index (χ1v) is 12.4. The van der Waals surface area contributed by atoms with Crippen molar-refractivity contribution in [2.45, 2.75) is 51.4 Å². The molecule has 2 aromatic rings. The van der Waals surface area contributed by atoms with E-state index in [1.165, 1.54) is 16.1 Å². The first kappa shape index (κ1) is 24.3. The Morgan fingerprint density at radius 1 is 1.19 bits per heavy atom. The molecule has 0 bridgehead atoms. The average Bonchev–Trinajstić information content (AvgIpc) is 2.82. The van der Waals surface area contributed by atoms with E-state index >= 15 is 0 Å². The summed E-state index contributed by atoms with van der Waals surface area (Å²) >= 11 is 0. The van der Waals surface area contributed by atoms with Crippen LogP contribution in [-0.4, -0.2) is 59.3 Å². The van der Waals surface area contributed by atoms with Crippen LogP contribution in [0.2, 0.25) is 0 Å². The number of rotatable bonds is 10. The van der Waals surface area contributed by atoms with Crippen LogP contribution in [0.25, 0.3) is 0 Å². The fourth-order valence-corrected chi connectivity index (χ4v) is 5.49. The largest absolute Gasteiger partial charge is 0.373 e. The molecule has 1 aliphatic heterocycles. The molecule has 2 heterocycles. The third-order valence-corrected chi connectivity index (χ3v) is 7.68. The normalized spacial score (nSPS) is 16.8. The van der Waals surface area contributed by atoms with Gasteiger partial charge in [0.05, 0.1) is 18.5 Å². The molecular weight excluding hydrogens is 430 g/mol. The first-order valence-electron chi connectivity index (χ1n) is 10.8. The highest BCUT2D eigenvalue weighted by molar-refractivity contribution is 7.89. The lowest BCUT2D eigenvalue weighted by Crippen LogP contribution is -2.44. The first-order chi connectivity index (χ1) is 15.3. The van der Waals surface area contributed by atoms with E-state index in [0.29, 0.717) is 49.1 Å². The highest BCUT2D eigenvalue weighted by atomic mass is 32.2. The molecule has 0 spiro atoms. The lowest BCUT2D eigenvalue weighted by molar-refractivity contribution is -0.159. The predicted octanol–water partition coefficient (Wildman–Crippen LogP) is 3.10. The Hall–Kier alpha value is -2.33. The Morgan fingerprint density at radius 3 is 2.44 bits per heavy atom. The Kier molecular flexibility index (Phi) is 8.36. The van der Waals surface area contributed by atoms with Gasteiger partial charge in [-0.25, -0.2) is 17.8 Å². The molecule has 9 heteroatoms. The summed E-state index contributed by atoms with van der Waals surface area (Å²) in [6.45, 7) is 5.49. The highest BCUT2D eigenvalue weighted by Gasteiger charge is 2.33.